The molecule has 0 N–H and O–H groups in total. The van der Waals surface area contributed by atoms with Crippen molar-refractivity contribution >= 4 is 17.4 Å². The van der Waals surface area contributed by atoms with E-state index in [4.69, 9.17) is 11.6 Å². The zero-order valence-corrected chi connectivity index (χ0v) is 12.1. The van der Waals surface area contributed by atoms with Crippen LogP contribution in [0.15, 0.2) is 18.2 Å². The van der Waals surface area contributed by atoms with E-state index in [0.29, 0.717) is 0 Å². The summed E-state index contributed by atoms with van der Waals surface area (Å²) in [5.74, 6) is -6.45. The lowest BCUT2D eigenvalue weighted by Gasteiger charge is -2.22. The Kier molecular flexibility index (Phi) is 3.32. The first kappa shape index (κ1) is 15.1. The predicted octanol–water partition coefficient (Wildman–Crippen LogP) is 4.48. The molecule has 3 rings (SSSR count). The van der Waals surface area contributed by atoms with Crippen molar-refractivity contribution in [3.63, 3.8) is 0 Å². The maximum Gasteiger partial charge on any atom is 0.310 e. The number of carbonyl (C=O) groups excluding carboxylic acids is 1. The number of benzene rings is 1. The van der Waals surface area contributed by atoms with Crippen molar-refractivity contribution < 1.29 is 22.4 Å². The summed E-state index contributed by atoms with van der Waals surface area (Å²) in [5, 5.41) is 0.0435. The second-order valence-corrected chi connectivity index (χ2v) is 5.67. The van der Waals surface area contributed by atoms with Crippen molar-refractivity contribution in [1.29, 1.82) is 0 Å². The van der Waals surface area contributed by atoms with E-state index in [1.807, 2.05) is 0 Å². The van der Waals surface area contributed by atoms with Crippen molar-refractivity contribution in [2.75, 3.05) is 0 Å². The highest BCUT2D eigenvalue weighted by Gasteiger charge is 2.46. The summed E-state index contributed by atoms with van der Waals surface area (Å²) >= 11 is 5.75. The van der Waals surface area contributed by atoms with Crippen molar-refractivity contribution in [3.05, 3.63) is 51.8 Å². The van der Waals surface area contributed by atoms with Crippen molar-refractivity contribution in [1.82, 2.24) is 4.57 Å². The third-order valence-corrected chi connectivity index (χ3v) is 4.00. The van der Waals surface area contributed by atoms with Crippen LogP contribution >= 0.6 is 11.6 Å². The van der Waals surface area contributed by atoms with Crippen molar-refractivity contribution in [3.8, 4) is 5.69 Å². The lowest BCUT2D eigenvalue weighted by Crippen LogP contribution is -2.34. The first-order valence-corrected chi connectivity index (χ1v) is 6.89. The molecule has 0 radical (unpaired) electrons. The summed E-state index contributed by atoms with van der Waals surface area (Å²) < 4.78 is 56.0. The van der Waals surface area contributed by atoms with Crippen LogP contribution < -0.4 is 0 Å². The number of fused-ring (bicyclic) bond motifs is 1. The van der Waals surface area contributed by atoms with Crippen LogP contribution in [0.4, 0.5) is 17.6 Å². The van der Waals surface area contributed by atoms with Crippen LogP contribution in [-0.2, 0) is 6.42 Å². The number of halogens is 5. The van der Waals surface area contributed by atoms with E-state index in [2.05, 4.69) is 0 Å². The minimum atomic E-state index is -3.50. The van der Waals surface area contributed by atoms with Crippen LogP contribution in [-0.4, -0.2) is 16.3 Å². The van der Waals surface area contributed by atoms with Crippen LogP contribution in [0.2, 0.25) is 5.02 Å². The van der Waals surface area contributed by atoms with E-state index in [-0.39, 0.29) is 34.0 Å². The fraction of sp³-hybridized carbons (Fsp3) is 0.267. The van der Waals surface area contributed by atoms with Crippen LogP contribution in [0.25, 0.3) is 5.69 Å². The van der Waals surface area contributed by atoms with Gasteiger partial charge in [-0.05, 0) is 31.5 Å². The van der Waals surface area contributed by atoms with E-state index in [1.54, 1.807) is 0 Å². The lowest BCUT2D eigenvalue weighted by molar-refractivity contribution is 0.00167. The number of Topliss-reactive ketones (excluding diaryl/α,β-unsaturated/α-hetero) is 1. The van der Waals surface area contributed by atoms with Crippen LogP contribution in [0, 0.1) is 18.7 Å². The average Bonchev–Trinajstić information content (AvgIpc) is 2.66. The maximum atomic E-state index is 14.5. The minimum absolute atomic E-state index is 0.0435. The van der Waals surface area contributed by atoms with E-state index in [1.165, 1.54) is 13.0 Å². The van der Waals surface area contributed by atoms with Crippen LogP contribution in [0.5, 0.6) is 0 Å². The molecule has 0 bridgehead atoms. The zero-order valence-electron chi connectivity index (χ0n) is 11.4. The number of nitrogens with zero attached hydrogens (tertiary/aromatic N) is 1. The molecule has 0 atom stereocenters. The van der Waals surface area contributed by atoms with E-state index < -0.39 is 29.9 Å². The molecule has 1 heterocycles. The molecule has 116 valence electrons. The highest BCUT2D eigenvalue weighted by molar-refractivity contribution is 6.30. The standard InChI is InChI=1S/C15H10ClF4NO/c1-7-12-11(2-3-15(19,20)13(12)22)21(14(7)18)10-5-8(16)4-9(17)6-10/h4-6H,2-3H2,1H3. The summed E-state index contributed by atoms with van der Waals surface area (Å²) in [4.78, 5) is 11.9. The number of rotatable bonds is 1. The molecule has 22 heavy (non-hydrogen) atoms. The molecule has 1 aromatic heterocycles. The van der Waals surface area contributed by atoms with Gasteiger partial charge < -0.3 is 0 Å². The first-order chi connectivity index (χ1) is 10.2. The molecule has 0 spiro atoms. The molecule has 1 aromatic carbocycles. The van der Waals surface area contributed by atoms with Gasteiger partial charge in [-0.1, -0.05) is 11.6 Å². The lowest BCUT2D eigenvalue weighted by atomic mass is 9.91. The van der Waals surface area contributed by atoms with Gasteiger partial charge in [-0.3, -0.25) is 9.36 Å². The van der Waals surface area contributed by atoms with Crippen molar-refractivity contribution in [2.24, 2.45) is 0 Å². The fourth-order valence-corrected chi connectivity index (χ4v) is 2.98. The molecule has 1 aliphatic rings. The second-order valence-electron chi connectivity index (χ2n) is 5.23. The largest absolute Gasteiger partial charge is 0.310 e. The molecule has 0 saturated carbocycles. The summed E-state index contributed by atoms with van der Waals surface area (Å²) in [7, 11) is 0. The average molecular weight is 332 g/mol. The number of hydrogen-bond donors (Lipinski definition) is 0. The van der Waals surface area contributed by atoms with Gasteiger partial charge in [0.05, 0.1) is 11.3 Å². The number of aromatic nitrogens is 1. The van der Waals surface area contributed by atoms with Gasteiger partial charge in [-0.2, -0.15) is 13.2 Å². The zero-order chi connectivity index (χ0) is 16.2. The quantitative estimate of drug-likeness (QED) is 0.706. The Morgan fingerprint density at radius 1 is 1.23 bits per heavy atom. The fourth-order valence-electron chi connectivity index (χ4n) is 2.77. The maximum absolute atomic E-state index is 14.5. The monoisotopic (exact) mass is 331 g/mol. The Balaban J connectivity index is 2.28. The van der Waals surface area contributed by atoms with Crippen LogP contribution in [0.3, 0.4) is 0 Å². The highest BCUT2D eigenvalue weighted by Crippen LogP contribution is 2.38. The SMILES string of the molecule is Cc1c2c(n(-c3cc(F)cc(Cl)c3)c1F)CCC(F)(F)C2=O. The summed E-state index contributed by atoms with van der Waals surface area (Å²) in [6, 6.07) is 3.39. The molecular formula is C15H10ClF4NO. The molecule has 0 aliphatic heterocycles. The molecule has 2 nitrogen and oxygen atoms in total. The van der Waals surface area contributed by atoms with Gasteiger partial charge in [0, 0.05) is 22.7 Å². The molecule has 0 amide bonds. The van der Waals surface area contributed by atoms with Gasteiger partial charge in [-0.15, -0.1) is 0 Å². The second kappa shape index (κ2) is 4.84. The molecule has 1 aliphatic carbocycles. The summed E-state index contributed by atoms with van der Waals surface area (Å²) in [6.45, 7) is 1.25. The smallest absolute Gasteiger partial charge is 0.290 e. The number of ketones is 1. The Bertz CT molecular complexity index is 777. The Labute approximate surface area is 128 Å². The van der Waals surface area contributed by atoms with Gasteiger partial charge in [0.25, 0.3) is 0 Å². The summed E-state index contributed by atoms with van der Waals surface area (Å²) in [5.41, 5.74) is -0.314. The van der Waals surface area contributed by atoms with E-state index in [0.717, 1.165) is 16.7 Å². The Hall–Kier alpha value is -1.82. The Morgan fingerprint density at radius 2 is 1.91 bits per heavy atom. The molecule has 0 unspecified atom stereocenters. The van der Waals surface area contributed by atoms with Crippen LogP contribution in [0.1, 0.15) is 28.0 Å². The predicted molar refractivity (Wildman–Crippen MR) is 73.0 cm³/mol. The van der Waals surface area contributed by atoms with E-state index >= 15 is 0 Å². The van der Waals surface area contributed by atoms with Crippen molar-refractivity contribution in [2.45, 2.75) is 25.7 Å². The molecule has 0 fully saturated rings. The number of alkyl halides is 2. The molecular weight excluding hydrogens is 322 g/mol. The van der Waals surface area contributed by atoms with Gasteiger partial charge >= 0.3 is 5.92 Å². The first-order valence-electron chi connectivity index (χ1n) is 6.51. The van der Waals surface area contributed by atoms with Gasteiger partial charge in [0.1, 0.15) is 5.82 Å². The normalized spacial score (nSPS) is 16.7. The van der Waals surface area contributed by atoms with E-state index in [9.17, 15) is 22.4 Å². The van der Waals surface area contributed by atoms with Gasteiger partial charge in [0.2, 0.25) is 11.7 Å². The molecule has 0 saturated heterocycles. The third kappa shape index (κ3) is 2.13. The summed E-state index contributed by atoms with van der Waals surface area (Å²) in [6.07, 6.45) is -0.891. The minimum Gasteiger partial charge on any atom is -0.290 e. The Morgan fingerprint density at radius 3 is 2.55 bits per heavy atom. The number of hydrogen-bond acceptors (Lipinski definition) is 1. The molecule has 7 heteroatoms. The number of carbonyl (C=O) groups is 1. The molecule has 2 aromatic rings. The van der Waals surface area contributed by atoms with Gasteiger partial charge in [-0.25, -0.2) is 4.39 Å². The highest BCUT2D eigenvalue weighted by atomic mass is 35.5. The third-order valence-electron chi connectivity index (χ3n) is 3.78. The van der Waals surface area contributed by atoms with Gasteiger partial charge in [0.15, 0.2) is 0 Å². The topological polar surface area (TPSA) is 22.0 Å².